The molecule has 1 aliphatic heterocycles. The van der Waals surface area contributed by atoms with Crippen molar-refractivity contribution in [1.82, 2.24) is 15.6 Å². The van der Waals surface area contributed by atoms with Crippen LogP contribution in [-0.2, 0) is 12.7 Å². The number of aromatic nitrogens is 1. The summed E-state index contributed by atoms with van der Waals surface area (Å²) in [5, 5.41) is 7.98. The number of halogens is 4. The molecule has 1 aromatic heterocycles. The Balaban J connectivity index is 0.00000320. The number of hydrogen-bond acceptors (Lipinski definition) is 4. The number of rotatable bonds is 5. The second kappa shape index (κ2) is 11.2. The zero-order chi connectivity index (χ0) is 20.9. The molecule has 0 spiro atoms. The Labute approximate surface area is 196 Å². The van der Waals surface area contributed by atoms with E-state index in [0.717, 1.165) is 42.6 Å². The second-order valence-corrected chi connectivity index (χ2v) is 8.03. The molecule has 0 amide bonds. The van der Waals surface area contributed by atoms with Gasteiger partial charge in [-0.3, -0.25) is 0 Å². The van der Waals surface area contributed by atoms with Crippen LogP contribution in [0.4, 0.5) is 18.9 Å². The minimum Gasteiger partial charge on any atom is -0.369 e. The van der Waals surface area contributed by atoms with Gasteiger partial charge in [-0.25, -0.2) is 9.98 Å². The Kier molecular flexibility index (Phi) is 9.20. The van der Waals surface area contributed by atoms with Gasteiger partial charge < -0.3 is 15.5 Å². The average Bonchev–Trinajstić information content (AvgIpc) is 3.17. The first-order chi connectivity index (χ1) is 13.8. The summed E-state index contributed by atoms with van der Waals surface area (Å²) < 4.78 is 38.1. The van der Waals surface area contributed by atoms with Gasteiger partial charge in [-0.1, -0.05) is 17.7 Å². The Morgan fingerprint density at radius 3 is 2.67 bits per heavy atom. The molecule has 2 N–H and O–H groups in total. The van der Waals surface area contributed by atoms with E-state index in [1.54, 1.807) is 0 Å². The van der Waals surface area contributed by atoms with Crippen LogP contribution in [0.25, 0.3) is 0 Å². The van der Waals surface area contributed by atoms with Gasteiger partial charge in [-0.05, 0) is 38.8 Å². The zero-order valence-electron chi connectivity index (χ0n) is 17.0. The van der Waals surface area contributed by atoms with Gasteiger partial charge in [0, 0.05) is 36.7 Å². The molecule has 0 bridgehead atoms. The highest BCUT2D eigenvalue weighted by atomic mass is 127. The van der Waals surface area contributed by atoms with Crippen molar-refractivity contribution in [2.45, 2.75) is 45.5 Å². The van der Waals surface area contributed by atoms with Gasteiger partial charge >= 0.3 is 6.18 Å². The Bertz CT molecular complexity index is 823. The third-order valence-corrected chi connectivity index (χ3v) is 5.55. The SMILES string of the molecule is CCNC(=NCc1nc(C(F)(F)F)cs1)NC1CCCN(c2ccc(C)cc2)C1.I. The Morgan fingerprint density at radius 1 is 1.30 bits per heavy atom. The second-order valence-electron chi connectivity index (χ2n) is 7.08. The van der Waals surface area contributed by atoms with Crippen LogP contribution in [0.5, 0.6) is 0 Å². The summed E-state index contributed by atoms with van der Waals surface area (Å²) in [5.41, 5.74) is 1.58. The summed E-state index contributed by atoms with van der Waals surface area (Å²) in [5.74, 6) is 0.604. The maximum absolute atomic E-state index is 12.7. The van der Waals surface area contributed by atoms with Crippen molar-refractivity contribution < 1.29 is 13.2 Å². The van der Waals surface area contributed by atoms with Crippen LogP contribution in [0, 0.1) is 6.92 Å². The number of aryl methyl sites for hydroxylation is 1. The van der Waals surface area contributed by atoms with Crippen molar-refractivity contribution in [2.24, 2.45) is 4.99 Å². The van der Waals surface area contributed by atoms with Crippen LogP contribution >= 0.6 is 35.3 Å². The van der Waals surface area contributed by atoms with Crippen molar-refractivity contribution in [3.63, 3.8) is 0 Å². The predicted octanol–water partition coefficient (Wildman–Crippen LogP) is 4.81. The van der Waals surface area contributed by atoms with Gasteiger partial charge in [-0.2, -0.15) is 13.2 Å². The molecule has 0 saturated carbocycles. The molecular formula is C20H27F3IN5S. The maximum atomic E-state index is 12.7. The first-order valence-electron chi connectivity index (χ1n) is 9.73. The normalized spacial score (nSPS) is 17.4. The first kappa shape index (κ1) is 24.7. The number of piperidine rings is 1. The molecule has 1 fully saturated rings. The van der Waals surface area contributed by atoms with Crippen LogP contribution < -0.4 is 15.5 Å². The summed E-state index contributed by atoms with van der Waals surface area (Å²) in [6.45, 7) is 6.68. The predicted molar refractivity (Wildman–Crippen MR) is 127 cm³/mol. The fraction of sp³-hybridized carbons (Fsp3) is 0.500. The van der Waals surface area contributed by atoms with Crippen LogP contribution in [-0.4, -0.2) is 36.6 Å². The standard InChI is InChI=1S/C20H26F3N5S.HI/c1-3-24-19(25-11-18-27-17(13-29-18)20(21,22)23)26-15-5-4-10-28(12-15)16-8-6-14(2)7-9-16;/h6-9,13,15H,3-5,10-12H2,1-2H3,(H2,24,25,26);1H. The average molecular weight is 553 g/mol. The van der Waals surface area contributed by atoms with E-state index >= 15 is 0 Å². The molecule has 10 heteroatoms. The number of hydrogen-bond donors (Lipinski definition) is 2. The van der Waals surface area contributed by atoms with Crippen LogP contribution in [0.3, 0.4) is 0 Å². The van der Waals surface area contributed by atoms with Crippen LogP contribution in [0.2, 0.25) is 0 Å². The van der Waals surface area contributed by atoms with E-state index in [2.05, 4.69) is 56.7 Å². The van der Waals surface area contributed by atoms with E-state index < -0.39 is 11.9 Å². The van der Waals surface area contributed by atoms with E-state index in [1.807, 2.05) is 6.92 Å². The monoisotopic (exact) mass is 553 g/mol. The molecule has 1 aromatic carbocycles. The third kappa shape index (κ3) is 7.00. The van der Waals surface area contributed by atoms with Crippen molar-refractivity contribution in [3.8, 4) is 0 Å². The highest BCUT2D eigenvalue weighted by Crippen LogP contribution is 2.30. The molecule has 0 aliphatic carbocycles. The molecular weight excluding hydrogens is 526 g/mol. The number of alkyl halides is 3. The lowest BCUT2D eigenvalue weighted by Crippen LogP contribution is -2.51. The van der Waals surface area contributed by atoms with Gasteiger partial charge in [0.25, 0.3) is 0 Å². The number of guanidine groups is 1. The molecule has 166 valence electrons. The lowest BCUT2D eigenvalue weighted by atomic mass is 10.0. The molecule has 1 saturated heterocycles. The third-order valence-electron chi connectivity index (χ3n) is 4.72. The molecule has 3 rings (SSSR count). The van der Waals surface area contributed by atoms with Gasteiger partial charge in [0.05, 0.1) is 6.54 Å². The number of aliphatic imine (C=N–C) groups is 1. The largest absolute Gasteiger partial charge is 0.434 e. The molecule has 1 unspecified atom stereocenters. The fourth-order valence-corrected chi connectivity index (χ4v) is 3.98. The molecule has 30 heavy (non-hydrogen) atoms. The smallest absolute Gasteiger partial charge is 0.369 e. The lowest BCUT2D eigenvalue weighted by Gasteiger charge is -2.35. The van der Waals surface area contributed by atoms with E-state index in [1.165, 1.54) is 11.3 Å². The summed E-state index contributed by atoms with van der Waals surface area (Å²) in [6.07, 6.45) is -2.34. The van der Waals surface area contributed by atoms with Crippen LogP contribution in [0.1, 0.15) is 36.0 Å². The van der Waals surface area contributed by atoms with Crippen LogP contribution in [0.15, 0.2) is 34.6 Å². The minimum atomic E-state index is -4.41. The lowest BCUT2D eigenvalue weighted by molar-refractivity contribution is -0.140. The maximum Gasteiger partial charge on any atom is 0.434 e. The number of nitrogens with zero attached hydrogens (tertiary/aromatic N) is 3. The molecule has 5 nitrogen and oxygen atoms in total. The number of anilines is 1. The van der Waals surface area contributed by atoms with Gasteiger partial charge in [-0.15, -0.1) is 35.3 Å². The summed E-state index contributed by atoms with van der Waals surface area (Å²) in [6, 6.07) is 8.71. The Morgan fingerprint density at radius 2 is 2.03 bits per heavy atom. The molecule has 2 aromatic rings. The van der Waals surface area contributed by atoms with Crippen molar-refractivity contribution in [1.29, 1.82) is 0 Å². The van der Waals surface area contributed by atoms with E-state index in [0.29, 0.717) is 17.5 Å². The number of benzene rings is 1. The van der Waals surface area contributed by atoms with Gasteiger partial charge in [0.15, 0.2) is 11.7 Å². The van der Waals surface area contributed by atoms with E-state index in [9.17, 15) is 13.2 Å². The van der Waals surface area contributed by atoms with Gasteiger partial charge in [0.1, 0.15) is 5.01 Å². The summed E-state index contributed by atoms with van der Waals surface area (Å²) in [4.78, 5) is 10.4. The highest BCUT2D eigenvalue weighted by Gasteiger charge is 2.33. The Hall–Kier alpha value is -1.56. The topological polar surface area (TPSA) is 52.6 Å². The number of thiazole rings is 1. The minimum absolute atomic E-state index is 0. The zero-order valence-corrected chi connectivity index (χ0v) is 20.1. The van der Waals surface area contributed by atoms with E-state index in [-0.39, 0.29) is 36.6 Å². The van der Waals surface area contributed by atoms with E-state index in [4.69, 9.17) is 0 Å². The highest BCUT2D eigenvalue weighted by molar-refractivity contribution is 14.0. The summed E-state index contributed by atoms with van der Waals surface area (Å²) >= 11 is 0.979. The molecule has 1 atom stereocenters. The van der Waals surface area contributed by atoms with Crippen molar-refractivity contribution in [3.05, 3.63) is 45.9 Å². The van der Waals surface area contributed by atoms with Crippen molar-refractivity contribution in [2.75, 3.05) is 24.5 Å². The van der Waals surface area contributed by atoms with Crippen molar-refractivity contribution >= 4 is 47.0 Å². The summed E-state index contributed by atoms with van der Waals surface area (Å²) in [7, 11) is 0. The molecule has 0 radical (unpaired) electrons. The molecule has 1 aliphatic rings. The number of nitrogens with one attached hydrogen (secondary N) is 2. The first-order valence-corrected chi connectivity index (χ1v) is 10.6. The fourth-order valence-electron chi connectivity index (χ4n) is 3.26. The molecule has 2 heterocycles. The quantitative estimate of drug-likeness (QED) is 0.317. The van der Waals surface area contributed by atoms with Gasteiger partial charge in [0.2, 0.25) is 0 Å².